The highest BCUT2D eigenvalue weighted by Crippen LogP contribution is 2.37. The predicted octanol–water partition coefficient (Wildman–Crippen LogP) is 8.59. The molecule has 3 rings (SSSR count). The van der Waals surface area contributed by atoms with Gasteiger partial charge in [0.25, 0.3) is 0 Å². The average Bonchev–Trinajstić information content (AvgIpc) is 2.76. The second kappa shape index (κ2) is 11.9. The first kappa shape index (κ1) is 24.8. The van der Waals surface area contributed by atoms with Gasteiger partial charge in [0, 0.05) is 5.56 Å². The Morgan fingerprint density at radius 2 is 1.44 bits per heavy atom. The monoisotopic (exact) mass is 448 g/mol. The molecular formula is C28H36F4. The summed E-state index contributed by atoms with van der Waals surface area (Å²) in [5, 5.41) is 0. The lowest BCUT2D eigenvalue weighted by molar-refractivity contribution is 0.204. The summed E-state index contributed by atoms with van der Waals surface area (Å²) < 4.78 is 55.8. The number of aryl methyl sites for hydroxylation is 1. The van der Waals surface area contributed by atoms with Crippen LogP contribution in [0.25, 0.3) is 0 Å². The van der Waals surface area contributed by atoms with Crippen LogP contribution in [0.15, 0.2) is 30.3 Å². The van der Waals surface area contributed by atoms with Gasteiger partial charge in [-0.25, -0.2) is 17.6 Å². The molecule has 0 aliphatic heterocycles. The highest BCUT2D eigenvalue weighted by atomic mass is 19.2. The first-order valence-corrected chi connectivity index (χ1v) is 12.3. The van der Waals surface area contributed by atoms with Crippen molar-refractivity contribution in [3.63, 3.8) is 0 Å². The maximum absolute atomic E-state index is 14.7. The van der Waals surface area contributed by atoms with E-state index in [2.05, 4.69) is 13.8 Å². The van der Waals surface area contributed by atoms with Gasteiger partial charge in [-0.15, -0.1) is 0 Å². The minimum atomic E-state index is -0.942. The topological polar surface area (TPSA) is 0 Å². The van der Waals surface area contributed by atoms with Crippen molar-refractivity contribution in [2.24, 2.45) is 17.8 Å². The van der Waals surface area contributed by atoms with E-state index in [0.29, 0.717) is 29.4 Å². The lowest BCUT2D eigenvalue weighted by atomic mass is 9.73. The van der Waals surface area contributed by atoms with Crippen LogP contribution in [-0.4, -0.2) is 0 Å². The quantitative estimate of drug-likeness (QED) is 0.252. The van der Waals surface area contributed by atoms with E-state index in [4.69, 9.17) is 0 Å². The molecule has 176 valence electrons. The van der Waals surface area contributed by atoms with Crippen LogP contribution in [0.3, 0.4) is 0 Å². The first-order chi connectivity index (χ1) is 15.4. The molecule has 0 amide bonds. The standard InChI is InChI=1S/C28H36F4/c1-3-4-5-6-20-7-11-23(12-8-20)19(2)15-22-17-26(30)24(27(31)18-22)13-9-21-10-14-25(29)28(32)16-21/h10,14,16-20,23H,3-9,11-13,15H2,1-2H3. The Bertz CT molecular complexity index is 845. The van der Waals surface area contributed by atoms with Crippen LogP contribution in [0.5, 0.6) is 0 Å². The van der Waals surface area contributed by atoms with Crippen molar-refractivity contribution in [1.29, 1.82) is 0 Å². The summed E-state index contributed by atoms with van der Waals surface area (Å²) in [4.78, 5) is 0. The molecule has 0 spiro atoms. The summed E-state index contributed by atoms with van der Waals surface area (Å²) in [7, 11) is 0. The van der Waals surface area contributed by atoms with Crippen LogP contribution in [-0.2, 0) is 19.3 Å². The summed E-state index contributed by atoms with van der Waals surface area (Å²) in [5.74, 6) is -1.08. The van der Waals surface area contributed by atoms with E-state index in [-0.39, 0.29) is 18.4 Å². The first-order valence-electron chi connectivity index (χ1n) is 12.3. The number of rotatable bonds is 10. The molecule has 1 fully saturated rings. The normalized spacial score (nSPS) is 19.8. The maximum Gasteiger partial charge on any atom is 0.159 e. The average molecular weight is 449 g/mol. The Morgan fingerprint density at radius 1 is 0.781 bits per heavy atom. The van der Waals surface area contributed by atoms with Crippen LogP contribution < -0.4 is 0 Å². The molecule has 0 N–H and O–H groups in total. The summed E-state index contributed by atoms with van der Waals surface area (Å²) in [6.07, 6.45) is 11.3. The Morgan fingerprint density at radius 3 is 2.06 bits per heavy atom. The fourth-order valence-electron chi connectivity index (χ4n) is 5.24. The van der Waals surface area contributed by atoms with Crippen molar-refractivity contribution >= 4 is 0 Å². The number of halogens is 4. The van der Waals surface area contributed by atoms with E-state index in [1.54, 1.807) is 0 Å². The Kier molecular flexibility index (Phi) is 9.19. The third-order valence-electron chi connectivity index (χ3n) is 7.32. The molecular weight excluding hydrogens is 412 g/mol. The summed E-state index contributed by atoms with van der Waals surface area (Å²) in [5.41, 5.74) is 1.23. The molecule has 0 heterocycles. The third-order valence-corrected chi connectivity index (χ3v) is 7.32. The van der Waals surface area contributed by atoms with Gasteiger partial charge in [-0.3, -0.25) is 0 Å². The summed E-state index contributed by atoms with van der Waals surface area (Å²) >= 11 is 0. The number of unbranched alkanes of at least 4 members (excludes halogenated alkanes) is 2. The van der Waals surface area contributed by atoms with Gasteiger partial charge in [-0.2, -0.15) is 0 Å². The molecule has 2 aromatic carbocycles. The van der Waals surface area contributed by atoms with Gasteiger partial charge in [-0.05, 0) is 85.3 Å². The molecule has 2 aromatic rings. The number of hydrogen-bond donors (Lipinski definition) is 0. The van der Waals surface area contributed by atoms with Crippen molar-refractivity contribution < 1.29 is 17.6 Å². The van der Waals surface area contributed by atoms with E-state index >= 15 is 0 Å². The number of hydrogen-bond acceptors (Lipinski definition) is 0. The second-order valence-electron chi connectivity index (χ2n) is 9.74. The van der Waals surface area contributed by atoms with Crippen molar-refractivity contribution in [3.05, 3.63) is 70.3 Å². The number of benzene rings is 2. The summed E-state index contributed by atoms with van der Waals surface area (Å²) in [6.45, 7) is 4.44. The minimum absolute atomic E-state index is 0.0127. The molecule has 4 heteroatoms. The fourth-order valence-corrected chi connectivity index (χ4v) is 5.24. The Labute approximate surface area is 190 Å². The van der Waals surface area contributed by atoms with Crippen LogP contribution in [0.4, 0.5) is 17.6 Å². The van der Waals surface area contributed by atoms with Gasteiger partial charge in [0.15, 0.2) is 11.6 Å². The largest absolute Gasteiger partial charge is 0.207 e. The van der Waals surface area contributed by atoms with Crippen molar-refractivity contribution in [1.82, 2.24) is 0 Å². The van der Waals surface area contributed by atoms with Gasteiger partial charge in [0.2, 0.25) is 0 Å². The van der Waals surface area contributed by atoms with Crippen LogP contribution >= 0.6 is 0 Å². The molecule has 0 nitrogen and oxygen atoms in total. The fraction of sp³-hybridized carbons (Fsp3) is 0.571. The SMILES string of the molecule is CCCCCC1CCC(C(C)Cc2cc(F)c(CCc3ccc(F)c(F)c3)c(F)c2)CC1. The highest BCUT2D eigenvalue weighted by molar-refractivity contribution is 5.28. The van der Waals surface area contributed by atoms with Crippen LogP contribution in [0.2, 0.25) is 0 Å². The molecule has 0 saturated heterocycles. The molecule has 32 heavy (non-hydrogen) atoms. The molecule has 1 aliphatic carbocycles. The molecule has 1 aliphatic rings. The van der Waals surface area contributed by atoms with Gasteiger partial charge in [0.1, 0.15) is 11.6 Å². The van der Waals surface area contributed by atoms with Gasteiger partial charge < -0.3 is 0 Å². The molecule has 1 unspecified atom stereocenters. The zero-order valence-electron chi connectivity index (χ0n) is 19.4. The van der Waals surface area contributed by atoms with Gasteiger partial charge in [0.05, 0.1) is 0 Å². The molecule has 0 aromatic heterocycles. The Balaban J connectivity index is 1.53. The van der Waals surface area contributed by atoms with Crippen molar-refractivity contribution in [2.45, 2.75) is 84.5 Å². The zero-order valence-corrected chi connectivity index (χ0v) is 19.4. The van der Waals surface area contributed by atoms with Crippen molar-refractivity contribution in [2.75, 3.05) is 0 Å². The van der Waals surface area contributed by atoms with Crippen LogP contribution in [0.1, 0.15) is 81.9 Å². The van der Waals surface area contributed by atoms with E-state index < -0.39 is 23.3 Å². The van der Waals surface area contributed by atoms with Crippen LogP contribution in [0, 0.1) is 41.0 Å². The summed E-state index contributed by atoms with van der Waals surface area (Å²) in [6, 6.07) is 6.48. The molecule has 0 radical (unpaired) electrons. The predicted molar refractivity (Wildman–Crippen MR) is 123 cm³/mol. The van der Waals surface area contributed by atoms with Gasteiger partial charge >= 0.3 is 0 Å². The molecule has 1 saturated carbocycles. The van der Waals surface area contributed by atoms with E-state index in [9.17, 15) is 17.6 Å². The molecule has 1 atom stereocenters. The second-order valence-corrected chi connectivity index (χ2v) is 9.74. The van der Waals surface area contributed by atoms with Gasteiger partial charge in [-0.1, -0.05) is 58.4 Å². The highest BCUT2D eigenvalue weighted by Gasteiger charge is 2.25. The smallest absolute Gasteiger partial charge is 0.159 e. The Hall–Kier alpha value is -1.84. The third kappa shape index (κ3) is 6.83. The molecule has 0 bridgehead atoms. The lowest BCUT2D eigenvalue weighted by Gasteiger charge is -2.32. The van der Waals surface area contributed by atoms with E-state index in [0.717, 1.165) is 18.1 Å². The maximum atomic E-state index is 14.7. The zero-order chi connectivity index (χ0) is 23.1. The van der Waals surface area contributed by atoms with E-state index in [1.807, 2.05) is 0 Å². The van der Waals surface area contributed by atoms with E-state index in [1.165, 1.54) is 69.6 Å². The lowest BCUT2D eigenvalue weighted by Crippen LogP contribution is -2.21. The minimum Gasteiger partial charge on any atom is -0.207 e. The van der Waals surface area contributed by atoms with Crippen molar-refractivity contribution in [3.8, 4) is 0 Å².